The van der Waals surface area contributed by atoms with Crippen LogP contribution in [0.3, 0.4) is 0 Å². The van der Waals surface area contributed by atoms with Gasteiger partial charge in [0.15, 0.2) is 5.58 Å². The number of unbranched alkanes of at least 4 members (excludes halogenated alkanes) is 1. The Morgan fingerprint density at radius 3 is 2.67 bits per heavy atom. The first-order chi connectivity index (χ1) is 13.2. The molecule has 0 amide bonds. The van der Waals surface area contributed by atoms with Crippen molar-refractivity contribution in [3.63, 3.8) is 0 Å². The monoisotopic (exact) mass is 366 g/mol. The third kappa shape index (κ3) is 4.25. The molecule has 0 unspecified atom stereocenters. The molecule has 1 N–H and O–H groups in total. The zero-order valence-corrected chi connectivity index (χ0v) is 15.7. The fourth-order valence-electron chi connectivity index (χ4n) is 3.53. The lowest BCUT2D eigenvalue weighted by Gasteiger charge is -2.32. The van der Waals surface area contributed by atoms with Crippen molar-refractivity contribution >= 4 is 11.1 Å². The zero-order valence-electron chi connectivity index (χ0n) is 15.7. The maximum atomic E-state index is 9.42. The van der Waals surface area contributed by atoms with Gasteiger partial charge >= 0.3 is 0 Å². The van der Waals surface area contributed by atoms with E-state index < -0.39 is 0 Å². The van der Waals surface area contributed by atoms with E-state index in [1.54, 1.807) is 24.3 Å². The Hall–Kier alpha value is -2.53. The van der Waals surface area contributed by atoms with E-state index in [4.69, 9.17) is 9.15 Å². The first-order valence-corrected chi connectivity index (χ1v) is 9.80. The van der Waals surface area contributed by atoms with Crippen LogP contribution in [-0.2, 0) is 0 Å². The second-order valence-corrected chi connectivity index (χ2v) is 7.21. The number of piperidine rings is 1. The standard InChI is InChI=1S/C22H26N2O3/c1-2-3-12-24-13-10-18(11-14-24)26-19-8-9-20-21(15-19)27-22(23-20)16-4-6-17(25)7-5-16/h4-9,15,18,25H,2-3,10-14H2,1H3. The van der Waals surface area contributed by atoms with Crippen LogP contribution < -0.4 is 4.74 Å². The molecule has 142 valence electrons. The summed E-state index contributed by atoms with van der Waals surface area (Å²) in [7, 11) is 0. The maximum Gasteiger partial charge on any atom is 0.227 e. The molecule has 0 spiro atoms. The van der Waals surface area contributed by atoms with Crippen LogP contribution in [-0.4, -0.2) is 40.7 Å². The van der Waals surface area contributed by atoms with E-state index in [0.29, 0.717) is 5.89 Å². The van der Waals surface area contributed by atoms with Crippen molar-refractivity contribution in [1.82, 2.24) is 9.88 Å². The van der Waals surface area contributed by atoms with Gasteiger partial charge in [-0.25, -0.2) is 4.98 Å². The van der Waals surface area contributed by atoms with E-state index in [0.717, 1.165) is 48.3 Å². The molecule has 4 rings (SSSR count). The first-order valence-electron chi connectivity index (χ1n) is 9.80. The van der Waals surface area contributed by atoms with Crippen LogP contribution in [0.15, 0.2) is 46.9 Å². The Bertz CT molecular complexity index is 880. The number of benzene rings is 2. The van der Waals surface area contributed by atoms with Crippen LogP contribution in [0, 0.1) is 0 Å². The highest BCUT2D eigenvalue weighted by molar-refractivity contribution is 5.77. The van der Waals surface area contributed by atoms with Gasteiger partial charge in [-0.05, 0) is 62.2 Å². The van der Waals surface area contributed by atoms with Gasteiger partial charge in [-0.1, -0.05) is 13.3 Å². The van der Waals surface area contributed by atoms with Crippen LogP contribution in [0.4, 0.5) is 0 Å². The van der Waals surface area contributed by atoms with Crippen LogP contribution in [0.1, 0.15) is 32.6 Å². The van der Waals surface area contributed by atoms with Crippen LogP contribution >= 0.6 is 0 Å². The molecule has 0 atom stereocenters. The first kappa shape index (κ1) is 17.9. The molecule has 5 heteroatoms. The molecule has 1 saturated heterocycles. The summed E-state index contributed by atoms with van der Waals surface area (Å²) in [6.45, 7) is 5.66. The normalized spacial score (nSPS) is 16.0. The summed E-state index contributed by atoms with van der Waals surface area (Å²) in [4.78, 5) is 7.06. The van der Waals surface area contributed by atoms with Gasteiger partial charge in [-0.15, -0.1) is 0 Å². The average Bonchev–Trinajstić information content (AvgIpc) is 3.11. The molecule has 0 radical (unpaired) electrons. The molecule has 1 fully saturated rings. The number of fused-ring (bicyclic) bond motifs is 1. The molecule has 0 saturated carbocycles. The van der Waals surface area contributed by atoms with Gasteiger partial charge in [0, 0.05) is 24.7 Å². The fourth-order valence-corrected chi connectivity index (χ4v) is 3.53. The molecule has 2 heterocycles. The minimum Gasteiger partial charge on any atom is -0.508 e. The Balaban J connectivity index is 1.42. The Morgan fingerprint density at radius 1 is 1.15 bits per heavy atom. The van der Waals surface area contributed by atoms with Gasteiger partial charge in [-0.2, -0.15) is 0 Å². The second kappa shape index (κ2) is 8.01. The van der Waals surface area contributed by atoms with Crippen molar-refractivity contribution in [1.29, 1.82) is 0 Å². The number of aromatic nitrogens is 1. The fraction of sp³-hybridized carbons (Fsp3) is 0.409. The van der Waals surface area contributed by atoms with Gasteiger partial charge in [-0.3, -0.25) is 0 Å². The summed E-state index contributed by atoms with van der Waals surface area (Å²) in [5.41, 5.74) is 2.36. The van der Waals surface area contributed by atoms with Crippen molar-refractivity contribution in [3.05, 3.63) is 42.5 Å². The largest absolute Gasteiger partial charge is 0.508 e. The van der Waals surface area contributed by atoms with Gasteiger partial charge in [0.1, 0.15) is 23.1 Å². The molecule has 0 bridgehead atoms. The predicted octanol–water partition coefficient (Wildman–Crippen LogP) is 4.84. The van der Waals surface area contributed by atoms with Crippen LogP contribution in [0.25, 0.3) is 22.6 Å². The van der Waals surface area contributed by atoms with Gasteiger partial charge in [0.05, 0.1) is 0 Å². The number of phenolic OH excluding ortho intramolecular Hbond substituents is 1. The van der Waals surface area contributed by atoms with Crippen LogP contribution in [0.5, 0.6) is 11.5 Å². The molecule has 1 aromatic heterocycles. The highest BCUT2D eigenvalue weighted by Gasteiger charge is 2.20. The Morgan fingerprint density at radius 2 is 1.93 bits per heavy atom. The summed E-state index contributed by atoms with van der Waals surface area (Å²) in [5, 5.41) is 9.42. The van der Waals surface area contributed by atoms with Crippen molar-refractivity contribution in [2.45, 2.75) is 38.7 Å². The van der Waals surface area contributed by atoms with Crippen molar-refractivity contribution in [2.75, 3.05) is 19.6 Å². The van der Waals surface area contributed by atoms with E-state index in [2.05, 4.69) is 16.8 Å². The summed E-state index contributed by atoms with van der Waals surface area (Å²) >= 11 is 0. The average molecular weight is 366 g/mol. The number of aromatic hydroxyl groups is 1. The number of hydrogen-bond donors (Lipinski definition) is 1. The number of ether oxygens (including phenoxy) is 1. The molecular weight excluding hydrogens is 340 g/mol. The molecule has 1 aliphatic heterocycles. The highest BCUT2D eigenvalue weighted by Crippen LogP contribution is 2.29. The quantitative estimate of drug-likeness (QED) is 0.676. The highest BCUT2D eigenvalue weighted by atomic mass is 16.5. The van der Waals surface area contributed by atoms with E-state index >= 15 is 0 Å². The molecule has 27 heavy (non-hydrogen) atoms. The molecule has 2 aromatic carbocycles. The smallest absolute Gasteiger partial charge is 0.227 e. The van der Waals surface area contributed by atoms with E-state index in [1.807, 2.05) is 18.2 Å². The topological polar surface area (TPSA) is 58.7 Å². The Kier molecular flexibility index (Phi) is 5.30. The van der Waals surface area contributed by atoms with Crippen molar-refractivity contribution < 1.29 is 14.3 Å². The number of hydrogen-bond acceptors (Lipinski definition) is 5. The minimum atomic E-state index is 0.228. The minimum absolute atomic E-state index is 0.228. The molecule has 0 aliphatic carbocycles. The number of nitrogens with zero attached hydrogens (tertiary/aromatic N) is 2. The number of oxazole rings is 1. The molecule has 1 aliphatic rings. The lowest BCUT2D eigenvalue weighted by Crippen LogP contribution is -2.38. The lowest BCUT2D eigenvalue weighted by atomic mass is 10.1. The summed E-state index contributed by atoms with van der Waals surface area (Å²) in [6.07, 6.45) is 4.92. The Labute approximate surface area is 159 Å². The zero-order chi connectivity index (χ0) is 18.6. The molecule has 3 aromatic rings. The molecular formula is C22H26N2O3. The van der Waals surface area contributed by atoms with Gasteiger partial charge in [0.2, 0.25) is 5.89 Å². The SMILES string of the molecule is CCCCN1CCC(Oc2ccc3nc(-c4ccc(O)cc4)oc3c2)CC1. The summed E-state index contributed by atoms with van der Waals surface area (Å²) < 4.78 is 12.1. The lowest BCUT2D eigenvalue weighted by molar-refractivity contribution is 0.0999. The third-order valence-corrected chi connectivity index (χ3v) is 5.14. The van der Waals surface area contributed by atoms with Crippen molar-refractivity contribution in [2.24, 2.45) is 0 Å². The van der Waals surface area contributed by atoms with Gasteiger partial charge in [0.25, 0.3) is 0 Å². The maximum absolute atomic E-state index is 9.42. The summed E-state index contributed by atoms with van der Waals surface area (Å²) in [5.74, 6) is 1.61. The third-order valence-electron chi connectivity index (χ3n) is 5.14. The van der Waals surface area contributed by atoms with E-state index in [-0.39, 0.29) is 11.9 Å². The predicted molar refractivity (Wildman–Crippen MR) is 106 cm³/mol. The van der Waals surface area contributed by atoms with Gasteiger partial charge < -0.3 is 19.2 Å². The van der Waals surface area contributed by atoms with E-state index in [1.165, 1.54) is 19.4 Å². The molecule has 5 nitrogen and oxygen atoms in total. The van der Waals surface area contributed by atoms with Crippen molar-refractivity contribution in [3.8, 4) is 23.0 Å². The number of phenols is 1. The van der Waals surface area contributed by atoms with Crippen LogP contribution in [0.2, 0.25) is 0 Å². The number of rotatable bonds is 6. The number of likely N-dealkylation sites (tertiary alicyclic amines) is 1. The van der Waals surface area contributed by atoms with E-state index in [9.17, 15) is 5.11 Å². The second-order valence-electron chi connectivity index (χ2n) is 7.21. The summed E-state index contributed by atoms with van der Waals surface area (Å²) in [6, 6.07) is 12.7.